The van der Waals surface area contributed by atoms with Crippen molar-refractivity contribution in [3.63, 3.8) is 0 Å². The number of methoxy groups -OCH3 is 1. The minimum absolute atomic E-state index is 0.330. The maximum Gasteiger partial charge on any atom is 0.331 e. The van der Waals surface area contributed by atoms with Crippen molar-refractivity contribution in [1.82, 2.24) is 4.90 Å². The number of benzene rings is 2. The van der Waals surface area contributed by atoms with E-state index in [1.54, 1.807) is 50.5 Å². The highest BCUT2D eigenvalue weighted by molar-refractivity contribution is 6.32. The molecule has 1 atom stereocenters. The molecular formula is C22H24ClNO5. The fourth-order valence-corrected chi connectivity index (χ4v) is 2.84. The summed E-state index contributed by atoms with van der Waals surface area (Å²) < 4.78 is 16.2. The summed E-state index contributed by atoms with van der Waals surface area (Å²) in [4.78, 5) is 26.2. The van der Waals surface area contributed by atoms with E-state index in [4.69, 9.17) is 25.8 Å². The number of carbonyl (C=O) groups is 2. The van der Waals surface area contributed by atoms with Gasteiger partial charge in [0.1, 0.15) is 0 Å². The van der Waals surface area contributed by atoms with Crippen molar-refractivity contribution in [3.05, 3.63) is 64.7 Å². The number of ether oxygens (including phenoxy) is 3. The van der Waals surface area contributed by atoms with E-state index in [0.29, 0.717) is 34.3 Å². The van der Waals surface area contributed by atoms with Gasteiger partial charge in [0, 0.05) is 25.7 Å². The lowest BCUT2D eigenvalue weighted by atomic mass is 10.1. The number of carbonyl (C=O) groups excluding carboxylic acids is 2. The lowest BCUT2D eigenvalue weighted by Crippen LogP contribution is -2.30. The van der Waals surface area contributed by atoms with Crippen molar-refractivity contribution in [2.24, 2.45) is 0 Å². The normalized spacial score (nSPS) is 11.8. The predicted octanol–water partition coefficient (Wildman–Crippen LogP) is 4.13. The highest BCUT2D eigenvalue weighted by Crippen LogP contribution is 2.36. The Morgan fingerprint density at radius 3 is 2.45 bits per heavy atom. The molecule has 0 saturated carbocycles. The van der Waals surface area contributed by atoms with Gasteiger partial charge in [-0.25, -0.2) is 4.79 Å². The zero-order chi connectivity index (χ0) is 21.4. The van der Waals surface area contributed by atoms with Gasteiger partial charge in [-0.15, -0.1) is 0 Å². The summed E-state index contributed by atoms with van der Waals surface area (Å²) in [5, 5.41) is 0.365. The molecule has 0 aliphatic heterocycles. The van der Waals surface area contributed by atoms with Crippen LogP contribution in [0.5, 0.6) is 11.5 Å². The number of esters is 1. The summed E-state index contributed by atoms with van der Waals surface area (Å²) >= 11 is 6.24. The molecule has 0 radical (unpaired) electrons. The van der Waals surface area contributed by atoms with Gasteiger partial charge in [0.2, 0.25) is 6.10 Å². The number of likely N-dealkylation sites (N-methyl/N-ethyl adjacent to an activating group) is 1. The molecule has 0 bridgehead atoms. The van der Waals surface area contributed by atoms with Crippen LogP contribution in [0, 0.1) is 0 Å². The smallest absolute Gasteiger partial charge is 0.331 e. The monoisotopic (exact) mass is 417 g/mol. The molecule has 0 saturated heterocycles. The van der Waals surface area contributed by atoms with Gasteiger partial charge in [-0.1, -0.05) is 41.9 Å². The molecule has 2 aromatic rings. The number of amides is 1. The number of hydrogen-bond donors (Lipinski definition) is 0. The Kier molecular flexibility index (Phi) is 8.09. The van der Waals surface area contributed by atoms with Gasteiger partial charge in [0.15, 0.2) is 11.5 Å². The molecular weight excluding hydrogens is 394 g/mol. The quantitative estimate of drug-likeness (QED) is 0.477. The number of hydrogen-bond acceptors (Lipinski definition) is 5. The molecule has 154 valence electrons. The third kappa shape index (κ3) is 5.99. The molecule has 0 heterocycles. The molecule has 1 amide bonds. The van der Waals surface area contributed by atoms with Gasteiger partial charge < -0.3 is 19.1 Å². The summed E-state index contributed by atoms with van der Waals surface area (Å²) in [6.07, 6.45) is 1.75. The van der Waals surface area contributed by atoms with Gasteiger partial charge in [-0.05, 0) is 30.7 Å². The second-order valence-corrected chi connectivity index (χ2v) is 6.67. The van der Waals surface area contributed by atoms with Gasteiger partial charge >= 0.3 is 5.97 Å². The third-order valence-corrected chi connectivity index (χ3v) is 4.23. The van der Waals surface area contributed by atoms with E-state index >= 15 is 0 Å². The topological polar surface area (TPSA) is 65.1 Å². The number of nitrogens with zero attached hydrogens (tertiary/aromatic N) is 1. The van der Waals surface area contributed by atoms with Crippen LogP contribution in [0.3, 0.4) is 0 Å². The first-order chi connectivity index (χ1) is 13.9. The maximum absolute atomic E-state index is 12.5. The van der Waals surface area contributed by atoms with Gasteiger partial charge in [0.25, 0.3) is 5.91 Å². The standard InChI is InChI=1S/C22H24ClNO5/c1-5-28-21-17(23)13-15(14-18(21)27-4)11-12-19(25)29-20(22(26)24(2)3)16-9-7-6-8-10-16/h6-14,20H,5H2,1-4H3/b12-11+/t20-/m0/s1. The molecule has 7 heteroatoms. The van der Waals surface area contributed by atoms with E-state index in [1.807, 2.05) is 13.0 Å². The van der Waals surface area contributed by atoms with Crippen LogP contribution in [0.15, 0.2) is 48.5 Å². The zero-order valence-electron chi connectivity index (χ0n) is 16.8. The maximum atomic E-state index is 12.5. The Labute approximate surface area is 175 Å². The molecule has 0 unspecified atom stereocenters. The first kappa shape index (κ1) is 22.3. The SMILES string of the molecule is CCOc1c(Cl)cc(/C=C/C(=O)O[C@H](C(=O)N(C)C)c2ccccc2)cc1OC. The molecule has 0 aromatic heterocycles. The summed E-state index contributed by atoms with van der Waals surface area (Å²) in [5.74, 6) is -0.0869. The minimum atomic E-state index is -1.03. The van der Waals surface area contributed by atoms with E-state index in [9.17, 15) is 9.59 Å². The molecule has 2 rings (SSSR count). The Morgan fingerprint density at radius 2 is 1.86 bits per heavy atom. The largest absolute Gasteiger partial charge is 0.493 e. The fourth-order valence-electron chi connectivity index (χ4n) is 2.56. The zero-order valence-corrected chi connectivity index (χ0v) is 17.6. The predicted molar refractivity (Wildman–Crippen MR) is 112 cm³/mol. The minimum Gasteiger partial charge on any atom is -0.493 e. The second-order valence-electron chi connectivity index (χ2n) is 6.26. The Morgan fingerprint density at radius 1 is 1.17 bits per heavy atom. The van der Waals surface area contributed by atoms with Gasteiger partial charge in [-0.2, -0.15) is 0 Å². The van der Waals surface area contributed by atoms with E-state index in [1.165, 1.54) is 24.2 Å². The Balaban J connectivity index is 2.20. The molecule has 6 nitrogen and oxygen atoms in total. The molecule has 2 aromatic carbocycles. The second kappa shape index (κ2) is 10.5. The first-order valence-corrected chi connectivity index (χ1v) is 9.40. The van der Waals surface area contributed by atoms with E-state index in [-0.39, 0.29) is 5.91 Å². The van der Waals surface area contributed by atoms with Crippen molar-refractivity contribution in [3.8, 4) is 11.5 Å². The summed E-state index contributed by atoms with van der Waals surface area (Å²) in [6, 6.07) is 12.2. The highest BCUT2D eigenvalue weighted by atomic mass is 35.5. The van der Waals surface area contributed by atoms with Crippen molar-refractivity contribution in [1.29, 1.82) is 0 Å². The molecule has 0 aliphatic carbocycles. The molecule has 0 aliphatic rings. The van der Waals surface area contributed by atoms with Gasteiger partial charge in [-0.3, -0.25) is 4.79 Å². The molecule has 0 spiro atoms. The van der Waals surface area contributed by atoms with E-state index < -0.39 is 12.1 Å². The number of halogens is 1. The van der Waals surface area contributed by atoms with Crippen molar-refractivity contribution < 1.29 is 23.8 Å². The van der Waals surface area contributed by atoms with Crippen LogP contribution in [0.25, 0.3) is 6.08 Å². The van der Waals surface area contributed by atoms with Crippen LogP contribution in [0.4, 0.5) is 0 Å². The fraction of sp³-hybridized carbons (Fsp3) is 0.273. The average Bonchev–Trinajstić information content (AvgIpc) is 2.72. The Bertz CT molecular complexity index is 880. The number of rotatable bonds is 8. The van der Waals surface area contributed by atoms with Crippen molar-refractivity contribution in [2.75, 3.05) is 27.8 Å². The van der Waals surface area contributed by atoms with Crippen molar-refractivity contribution in [2.45, 2.75) is 13.0 Å². The van der Waals surface area contributed by atoms with Crippen LogP contribution < -0.4 is 9.47 Å². The highest BCUT2D eigenvalue weighted by Gasteiger charge is 2.25. The molecule has 0 fully saturated rings. The van der Waals surface area contributed by atoms with Crippen LogP contribution in [-0.2, 0) is 14.3 Å². The van der Waals surface area contributed by atoms with E-state index in [0.717, 1.165) is 0 Å². The summed E-state index contributed by atoms with van der Waals surface area (Å²) in [5.41, 5.74) is 1.22. The summed E-state index contributed by atoms with van der Waals surface area (Å²) in [7, 11) is 4.72. The molecule has 29 heavy (non-hydrogen) atoms. The Hall–Kier alpha value is -2.99. The lowest BCUT2D eigenvalue weighted by Gasteiger charge is -2.20. The van der Waals surface area contributed by atoms with Crippen LogP contribution in [0.2, 0.25) is 5.02 Å². The van der Waals surface area contributed by atoms with Gasteiger partial charge in [0.05, 0.1) is 18.7 Å². The van der Waals surface area contributed by atoms with Crippen molar-refractivity contribution >= 4 is 29.6 Å². The first-order valence-electron chi connectivity index (χ1n) is 9.02. The summed E-state index contributed by atoms with van der Waals surface area (Å²) in [6.45, 7) is 2.29. The van der Waals surface area contributed by atoms with Crippen LogP contribution >= 0.6 is 11.6 Å². The lowest BCUT2D eigenvalue weighted by molar-refractivity contribution is -0.155. The van der Waals surface area contributed by atoms with Crippen LogP contribution in [-0.4, -0.2) is 44.6 Å². The third-order valence-electron chi connectivity index (χ3n) is 3.95. The van der Waals surface area contributed by atoms with Crippen LogP contribution in [0.1, 0.15) is 24.2 Å². The average molecular weight is 418 g/mol. The van der Waals surface area contributed by atoms with E-state index in [2.05, 4.69) is 0 Å². The molecule has 0 N–H and O–H groups in total.